The highest BCUT2D eigenvalue weighted by atomic mass is 19.4. The fourth-order valence-corrected chi connectivity index (χ4v) is 2.51. The summed E-state index contributed by atoms with van der Waals surface area (Å²) in [7, 11) is 0. The molecule has 0 atom stereocenters. The van der Waals surface area contributed by atoms with Gasteiger partial charge in [0.15, 0.2) is 0 Å². The minimum atomic E-state index is -4.69. The van der Waals surface area contributed by atoms with Crippen molar-refractivity contribution in [1.82, 2.24) is 0 Å². The summed E-state index contributed by atoms with van der Waals surface area (Å²) in [5.41, 5.74) is 3.59. The second kappa shape index (κ2) is 7.87. The monoisotopic (exact) mass is 355 g/mol. The van der Waals surface area contributed by atoms with E-state index < -0.39 is 6.36 Å². The highest BCUT2D eigenvalue weighted by Crippen LogP contribution is 2.23. The molecule has 2 nitrogen and oxygen atoms in total. The van der Waals surface area contributed by atoms with Gasteiger partial charge in [0.2, 0.25) is 0 Å². The number of halogens is 3. The number of alkyl halides is 3. The predicted octanol–water partition coefficient (Wildman–Crippen LogP) is 5.62. The van der Waals surface area contributed by atoms with Crippen LogP contribution in [-0.2, 0) is 6.54 Å². The van der Waals surface area contributed by atoms with Gasteiger partial charge < -0.3 is 4.74 Å². The number of hydrogen-bond donors (Lipinski definition) is 0. The van der Waals surface area contributed by atoms with E-state index in [0.717, 1.165) is 22.4 Å². The Morgan fingerprint density at radius 3 is 1.69 bits per heavy atom. The van der Waals surface area contributed by atoms with Crippen molar-refractivity contribution >= 4 is 5.71 Å². The molecule has 0 radical (unpaired) electrons. The van der Waals surface area contributed by atoms with Gasteiger partial charge in [0.1, 0.15) is 5.75 Å². The molecule has 0 fully saturated rings. The molecular formula is C21H16F3NO. The van der Waals surface area contributed by atoms with E-state index in [9.17, 15) is 13.2 Å². The molecule has 0 saturated heterocycles. The Labute approximate surface area is 149 Å². The molecule has 5 heteroatoms. The third-order valence-corrected chi connectivity index (χ3v) is 3.67. The average Bonchev–Trinajstić information content (AvgIpc) is 2.64. The summed E-state index contributed by atoms with van der Waals surface area (Å²) in [6.45, 7) is 0.353. The minimum Gasteiger partial charge on any atom is -0.406 e. The Kier molecular flexibility index (Phi) is 5.37. The van der Waals surface area contributed by atoms with Crippen LogP contribution in [0.4, 0.5) is 13.2 Å². The first kappa shape index (κ1) is 17.7. The summed E-state index contributed by atoms with van der Waals surface area (Å²) in [5, 5.41) is 0. The van der Waals surface area contributed by atoms with E-state index in [1.165, 1.54) is 12.1 Å². The quantitative estimate of drug-likeness (QED) is 0.544. The molecule has 0 heterocycles. The van der Waals surface area contributed by atoms with Crippen molar-refractivity contribution in [2.24, 2.45) is 4.99 Å². The van der Waals surface area contributed by atoms with Gasteiger partial charge in [-0.25, -0.2) is 0 Å². The lowest BCUT2D eigenvalue weighted by molar-refractivity contribution is -0.274. The van der Waals surface area contributed by atoms with Crippen LogP contribution >= 0.6 is 0 Å². The van der Waals surface area contributed by atoms with Crippen molar-refractivity contribution < 1.29 is 17.9 Å². The highest BCUT2D eigenvalue weighted by Gasteiger charge is 2.30. The Bertz CT molecular complexity index is 816. The third-order valence-electron chi connectivity index (χ3n) is 3.67. The highest BCUT2D eigenvalue weighted by molar-refractivity contribution is 6.12. The van der Waals surface area contributed by atoms with Gasteiger partial charge in [-0.2, -0.15) is 0 Å². The Hall–Kier alpha value is -3.08. The minimum absolute atomic E-state index is 0.239. The standard InChI is InChI=1S/C21H16F3NO/c22-21(23,24)26-19-13-11-16(12-14-19)15-25-20(17-7-3-1-4-8-17)18-9-5-2-6-10-18/h1-14H,15H2. The molecular weight excluding hydrogens is 339 g/mol. The maximum atomic E-state index is 12.2. The van der Waals surface area contributed by atoms with E-state index in [0.29, 0.717) is 6.54 Å². The van der Waals surface area contributed by atoms with Crippen LogP contribution in [0.25, 0.3) is 0 Å². The van der Waals surface area contributed by atoms with E-state index >= 15 is 0 Å². The van der Waals surface area contributed by atoms with Crippen molar-refractivity contribution in [3.8, 4) is 5.75 Å². The Morgan fingerprint density at radius 2 is 1.23 bits per heavy atom. The first-order valence-corrected chi connectivity index (χ1v) is 8.01. The first-order valence-electron chi connectivity index (χ1n) is 8.01. The van der Waals surface area contributed by atoms with Crippen LogP contribution < -0.4 is 4.74 Å². The number of aliphatic imine (C=N–C) groups is 1. The molecule has 3 aromatic rings. The molecule has 3 rings (SSSR count). The van der Waals surface area contributed by atoms with Crippen molar-refractivity contribution in [3.63, 3.8) is 0 Å². The molecule has 0 spiro atoms. The molecule has 0 N–H and O–H groups in total. The molecule has 132 valence electrons. The third kappa shape index (κ3) is 4.96. The molecule has 0 aliphatic rings. The lowest BCUT2D eigenvalue weighted by Gasteiger charge is -2.10. The summed E-state index contributed by atoms with van der Waals surface area (Å²) in [5.74, 6) is -0.239. The lowest BCUT2D eigenvalue weighted by atomic mass is 10.0. The van der Waals surface area contributed by atoms with Crippen LogP contribution in [0.1, 0.15) is 16.7 Å². The molecule has 0 aromatic heterocycles. The first-order chi connectivity index (χ1) is 12.5. The molecule has 0 unspecified atom stereocenters. The average molecular weight is 355 g/mol. The van der Waals surface area contributed by atoms with Crippen molar-refractivity contribution in [2.45, 2.75) is 12.9 Å². The van der Waals surface area contributed by atoms with E-state index in [2.05, 4.69) is 4.74 Å². The van der Waals surface area contributed by atoms with Gasteiger partial charge in [0, 0.05) is 11.1 Å². The molecule has 0 aliphatic carbocycles. The van der Waals surface area contributed by atoms with Crippen LogP contribution in [0.3, 0.4) is 0 Å². The van der Waals surface area contributed by atoms with E-state index in [1.807, 2.05) is 60.7 Å². The van der Waals surface area contributed by atoms with Gasteiger partial charge in [-0.1, -0.05) is 72.8 Å². The van der Waals surface area contributed by atoms with E-state index in [1.54, 1.807) is 12.1 Å². The zero-order valence-corrected chi connectivity index (χ0v) is 13.8. The molecule has 0 amide bonds. The summed E-state index contributed by atoms with van der Waals surface area (Å²) >= 11 is 0. The SMILES string of the molecule is FC(F)(F)Oc1ccc(CN=C(c2ccccc2)c2ccccc2)cc1. The fourth-order valence-electron chi connectivity index (χ4n) is 2.51. The van der Waals surface area contributed by atoms with Crippen LogP contribution in [0.5, 0.6) is 5.75 Å². The largest absolute Gasteiger partial charge is 0.573 e. The van der Waals surface area contributed by atoms with Gasteiger partial charge >= 0.3 is 6.36 Å². The smallest absolute Gasteiger partial charge is 0.406 e. The summed E-state index contributed by atoms with van der Waals surface area (Å²) in [4.78, 5) is 4.69. The number of hydrogen-bond acceptors (Lipinski definition) is 2. The van der Waals surface area contributed by atoms with Gasteiger partial charge in [-0.3, -0.25) is 4.99 Å². The molecule has 0 bridgehead atoms. The molecule has 3 aromatic carbocycles. The van der Waals surface area contributed by atoms with Gasteiger partial charge in [-0.05, 0) is 17.7 Å². The van der Waals surface area contributed by atoms with Crippen molar-refractivity contribution in [3.05, 3.63) is 102 Å². The van der Waals surface area contributed by atoms with Crippen molar-refractivity contribution in [1.29, 1.82) is 0 Å². The lowest BCUT2D eigenvalue weighted by Crippen LogP contribution is -2.17. The number of ether oxygens (including phenoxy) is 1. The normalized spacial score (nSPS) is 11.0. The van der Waals surface area contributed by atoms with E-state index in [-0.39, 0.29) is 5.75 Å². The fraction of sp³-hybridized carbons (Fsp3) is 0.0952. The summed E-state index contributed by atoms with van der Waals surface area (Å²) < 4.78 is 40.6. The predicted molar refractivity (Wildman–Crippen MR) is 95.4 cm³/mol. The Morgan fingerprint density at radius 1 is 0.731 bits per heavy atom. The zero-order chi connectivity index (χ0) is 18.4. The molecule has 0 saturated carbocycles. The number of benzene rings is 3. The van der Waals surface area contributed by atoms with Gasteiger partial charge in [0.25, 0.3) is 0 Å². The second-order valence-corrected chi connectivity index (χ2v) is 5.59. The van der Waals surface area contributed by atoms with Crippen molar-refractivity contribution in [2.75, 3.05) is 0 Å². The Balaban J connectivity index is 1.83. The maximum absolute atomic E-state index is 12.2. The molecule has 0 aliphatic heterocycles. The summed E-state index contributed by atoms with van der Waals surface area (Å²) in [6, 6.07) is 25.3. The summed E-state index contributed by atoms with van der Waals surface area (Å²) in [6.07, 6.45) is -4.69. The maximum Gasteiger partial charge on any atom is 0.573 e. The van der Waals surface area contributed by atoms with E-state index in [4.69, 9.17) is 4.99 Å². The van der Waals surface area contributed by atoms with Crippen LogP contribution in [0, 0.1) is 0 Å². The van der Waals surface area contributed by atoms with Crippen LogP contribution in [0.15, 0.2) is 89.9 Å². The number of rotatable bonds is 5. The number of nitrogens with zero attached hydrogens (tertiary/aromatic N) is 1. The van der Waals surface area contributed by atoms with Gasteiger partial charge in [-0.15, -0.1) is 13.2 Å². The second-order valence-electron chi connectivity index (χ2n) is 5.59. The van der Waals surface area contributed by atoms with Crippen LogP contribution in [0.2, 0.25) is 0 Å². The van der Waals surface area contributed by atoms with Crippen LogP contribution in [-0.4, -0.2) is 12.1 Å². The topological polar surface area (TPSA) is 21.6 Å². The van der Waals surface area contributed by atoms with Gasteiger partial charge in [0.05, 0.1) is 12.3 Å². The zero-order valence-electron chi connectivity index (χ0n) is 13.8. The molecule has 26 heavy (non-hydrogen) atoms.